The quantitative estimate of drug-likeness (QED) is 0.466. The molecule has 0 spiro atoms. The molecule has 0 radical (unpaired) electrons. The summed E-state index contributed by atoms with van der Waals surface area (Å²) in [6.45, 7) is 0. The van der Waals surface area contributed by atoms with Crippen molar-refractivity contribution in [3.05, 3.63) is 47.0 Å². The van der Waals surface area contributed by atoms with Crippen LogP contribution in [0, 0.1) is 0 Å². The second kappa shape index (κ2) is 7.25. The van der Waals surface area contributed by atoms with E-state index in [0.29, 0.717) is 16.3 Å². The molecule has 12 heteroatoms. The highest BCUT2D eigenvalue weighted by Crippen LogP contribution is 2.41. The lowest BCUT2D eigenvalue weighted by Crippen LogP contribution is -2.20. The Morgan fingerprint density at radius 2 is 1.93 bits per heavy atom. The predicted octanol–water partition coefficient (Wildman–Crippen LogP) is 3.17. The van der Waals surface area contributed by atoms with Gasteiger partial charge in [-0.1, -0.05) is 11.6 Å². The van der Waals surface area contributed by atoms with E-state index in [1.807, 2.05) is 0 Å². The minimum atomic E-state index is -4.07. The van der Waals surface area contributed by atoms with E-state index < -0.39 is 16.0 Å². The number of fused-ring (bicyclic) bond motifs is 2. The summed E-state index contributed by atoms with van der Waals surface area (Å²) in [5.41, 5.74) is 0.613. The van der Waals surface area contributed by atoms with Crippen LogP contribution in [0.1, 0.15) is 10.4 Å². The van der Waals surface area contributed by atoms with E-state index in [4.69, 9.17) is 16.3 Å². The maximum Gasteiger partial charge on any atom is 0.339 e. The fourth-order valence-electron chi connectivity index (χ4n) is 2.63. The van der Waals surface area contributed by atoms with Crippen LogP contribution in [0.4, 0.5) is 11.6 Å². The first-order valence-electron chi connectivity index (χ1n) is 8.07. The van der Waals surface area contributed by atoms with E-state index in [1.165, 1.54) is 19.2 Å². The summed E-state index contributed by atoms with van der Waals surface area (Å²) in [5, 5.41) is 7.25. The van der Waals surface area contributed by atoms with Gasteiger partial charge in [0, 0.05) is 10.6 Å². The number of hydrogen-bond acceptors (Lipinski definition) is 9. The average molecular weight is 453 g/mol. The monoisotopic (exact) mass is 452 g/mol. The zero-order valence-electron chi connectivity index (χ0n) is 15.0. The molecule has 0 amide bonds. The molecular formula is C17H13ClN4O5S2. The van der Waals surface area contributed by atoms with E-state index >= 15 is 0 Å². The summed E-state index contributed by atoms with van der Waals surface area (Å²) in [7, 11) is -1.32. The van der Waals surface area contributed by atoms with Crippen molar-refractivity contribution in [1.82, 2.24) is 14.2 Å². The van der Waals surface area contributed by atoms with Crippen molar-refractivity contribution in [2.75, 3.05) is 19.5 Å². The molecule has 0 saturated heterocycles. The molecule has 150 valence electrons. The van der Waals surface area contributed by atoms with Crippen molar-refractivity contribution in [2.24, 2.45) is 0 Å². The summed E-state index contributed by atoms with van der Waals surface area (Å²) in [4.78, 5) is 16.4. The van der Waals surface area contributed by atoms with E-state index in [9.17, 15) is 13.2 Å². The topological polar surface area (TPSA) is 112 Å². The number of aromatic nitrogens is 3. The molecular weight excluding hydrogens is 440 g/mol. The van der Waals surface area contributed by atoms with E-state index in [-0.39, 0.29) is 26.6 Å². The van der Waals surface area contributed by atoms with Gasteiger partial charge in [0.05, 0.1) is 24.8 Å². The lowest BCUT2D eigenvalue weighted by Gasteiger charge is -2.17. The predicted molar refractivity (Wildman–Crippen MR) is 106 cm³/mol. The van der Waals surface area contributed by atoms with Gasteiger partial charge in [0.1, 0.15) is 10.6 Å². The van der Waals surface area contributed by atoms with Crippen molar-refractivity contribution in [1.29, 1.82) is 0 Å². The number of esters is 1. The van der Waals surface area contributed by atoms with Crippen molar-refractivity contribution in [3.8, 4) is 5.75 Å². The van der Waals surface area contributed by atoms with Crippen LogP contribution in [0.15, 0.2) is 51.3 Å². The lowest BCUT2D eigenvalue weighted by atomic mass is 10.2. The van der Waals surface area contributed by atoms with Gasteiger partial charge in [-0.15, -0.1) is 9.19 Å². The third-order valence-electron chi connectivity index (χ3n) is 4.04. The molecule has 0 unspecified atom stereocenters. The summed E-state index contributed by atoms with van der Waals surface area (Å²) in [6.07, 6.45) is 0. The molecule has 2 heterocycles. The minimum absolute atomic E-state index is 0.0442. The number of methoxy groups -OCH3 is 2. The molecule has 0 bridgehead atoms. The maximum absolute atomic E-state index is 13.0. The van der Waals surface area contributed by atoms with Crippen molar-refractivity contribution >= 4 is 51.0 Å². The van der Waals surface area contributed by atoms with Crippen LogP contribution in [-0.4, -0.2) is 42.8 Å². The van der Waals surface area contributed by atoms with Gasteiger partial charge in [-0.2, -0.15) is 13.4 Å². The lowest BCUT2D eigenvalue weighted by molar-refractivity contribution is 0.0600. The third-order valence-corrected chi connectivity index (χ3v) is 7.21. The highest BCUT2D eigenvalue weighted by Gasteiger charge is 2.34. The summed E-state index contributed by atoms with van der Waals surface area (Å²) in [6, 6.07) is 9.58. The number of halogens is 1. The molecule has 1 aromatic heterocycles. The highest BCUT2D eigenvalue weighted by molar-refractivity contribution is 8.01. The summed E-state index contributed by atoms with van der Waals surface area (Å²) in [5.74, 6) is 0.0529. The number of hydrogen-bond donors (Lipinski definition) is 1. The standard InChI is InChI=1S/C17H13ClN4O5S2/c1-26-10-5-3-9(4-6-10)19-16-20-17-22(21-16)29(24,25)14-7-11(15(23)27-2)12(18)8-13(14)28-17/h3-8H,1-2H3,(H,19,21). The van der Waals surface area contributed by atoms with E-state index in [2.05, 4.69) is 20.1 Å². The molecule has 1 aliphatic rings. The van der Waals surface area contributed by atoms with Crippen LogP contribution in [0.2, 0.25) is 5.02 Å². The zero-order chi connectivity index (χ0) is 20.8. The first-order chi connectivity index (χ1) is 13.8. The molecule has 1 aliphatic heterocycles. The van der Waals surface area contributed by atoms with Gasteiger partial charge >= 0.3 is 5.97 Å². The molecule has 0 atom stereocenters. The Morgan fingerprint density at radius 1 is 1.21 bits per heavy atom. The van der Waals surface area contributed by atoms with Crippen molar-refractivity contribution in [2.45, 2.75) is 14.9 Å². The van der Waals surface area contributed by atoms with Crippen LogP contribution < -0.4 is 10.1 Å². The first-order valence-corrected chi connectivity index (χ1v) is 10.7. The number of anilines is 2. The van der Waals surface area contributed by atoms with Gasteiger partial charge in [0.2, 0.25) is 11.1 Å². The van der Waals surface area contributed by atoms with Gasteiger partial charge in [-0.25, -0.2) is 4.79 Å². The van der Waals surface area contributed by atoms with Crippen LogP contribution in [0.25, 0.3) is 0 Å². The van der Waals surface area contributed by atoms with Crippen LogP contribution in [0.3, 0.4) is 0 Å². The smallest absolute Gasteiger partial charge is 0.339 e. The molecule has 0 fully saturated rings. The van der Waals surface area contributed by atoms with Crippen LogP contribution in [0.5, 0.6) is 5.75 Å². The molecule has 1 N–H and O–H groups in total. The molecule has 2 aromatic carbocycles. The summed E-state index contributed by atoms with van der Waals surface area (Å²) >= 11 is 7.20. The number of ether oxygens (including phenoxy) is 2. The normalized spacial score (nSPS) is 13.9. The number of nitrogens with zero attached hydrogens (tertiary/aromatic N) is 3. The van der Waals surface area contributed by atoms with Crippen molar-refractivity contribution in [3.63, 3.8) is 0 Å². The summed E-state index contributed by atoms with van der Waals surface area (Å²) < 4.78 is 36.6. The Balaban J connectivity index is 1.72. The Bertz CT molecular complexity index is 1230. The second-order valence-electron chi connectivity index (χ2n) is 5.79. The van der Waals surface area contributed by atoms with E-state index in [0.717, 1.165) is 15.8 Å². The van der Waals surface area contributed by atoms with Crippen LogP contribution >= 0.6 is 23.4 Å². The Morgan fingerprint density at radius 3 is 2.59 bits per heavy atom. The Labute approximate surface area is 175 Å². The second-order valence-corrected chi connectivity index (χ2v) is 8.94. The van der Waals surface area contributed by atoms with Gasteiger partial charge in [-0.3, -0.25) is 0 Å². The van der Waals surface area contributed by atoms with Crippen LogP contribution in [-0.2, 0) is 14.8 Å². The van der Waals surface area contributed by atoms with Gasteiger partial charge in [0.15, 0.2) is 0 Å². The molecule has 4 rings (SSSR count). The van der Waals surface area contributed by atoms with Gasteiger partial charge in [-0.05, 0) is 48.2 Å². The Kier molecular flexibility index (Phi) is 4.89. The average Bonchev–Trinajstić information content (AvgIpc) is 3.11. The molecule has 29 heavy (non-hydrogen) atoms. The Hall–Kier alpha value is -2.76. The number of carbonyl (C=O) groups is 1. The SMILES string of the molecule is COC(=O)c1cc2c(cc1Cl)Sc1nc(Nc3ccc(OC)cc3)nn1S2(=O)=O. The first kappa shape index (κ1) is 19.6. The largest absolute Gasteiger partial charge is 0.497 e. The maximum atomic E-state index is 13.0. The molecule has 0 aliphatic carbocycles. The number of nitrogens with one attached hydrogen (secondary N) is 1. The number of benzene rings is 2. The fraction of sp³-hybridized carbons (Fsp3) is 0.118. The van der Waals surface area contributed by atoms with Crippen molar-refractivity contribution < 1.29 is 22.7 Å². The molecule has 0 saturated carbocycles. The number of carbonyl (C=O) groups excluding carboxylic acids is 1. The third kappa shape index (κ3) is 3.41. The molecule has 3 aromatic rings. The number of rotatable bonds is 4. The highest BCUT2D eigenvalue weighted by atomic mass is 35.5. The van der Waals surface area contributed by atoms with Gasteiger partial charge < -0.3 is 14.8 Å². The van der Waals surface area contributed by atoms with Gasteiger partial charge in [0.25, 0.3) is 10.0 Å². The molecule has 9 nitrogen and oxygen atoms in total. The van der Waals surface area contributed by atoms with E-state index in [1.54, 1.807) is 31.4 Å². The zero-order valence-corrected chi connectivity index (χ0v) is 17.4. The fourth-order valence-corrected chi connectivity index (χ4v) is 5.77. The minimum Gasteiger partial charge on any atom is -0.497 e.